The molecule has 13 heavy (non-hydrogen) atoms. The zero-order valence-corrected chi connectivity index (χ0v) is 9.23. The fraction of sp³-hybridized carbons (Fsp3) is 0.917. The quantitative estimate of drug-likeness (QED) is 0.515. The fourth-order valence-electron chi connectivity index (χ4n) is 1.51. The van der Waals surface area contributed by atoms with Crippen molar-refractivity contribution in [3.63, 3.8) is 0 Å². The van der Waals surface area contributed by atoms with Gasteiger partial charge in [-0.2, -0.15) is 0 Å². The third kappa shape index (κ3) is 12.0. The van der Waals surface area contributed by atoms with Gasteiger partial charge in [0.15, 0.2) is 0 Å². The summed E-state index contributed by atoms with van der Waals surface area (Å²) >= 11 is 0. The summed E-state index contributed by atoms with van der Waals surface area (Å²) in [6.45, 7) is 3.08. The van der Waals surface area contributed by atoms with Gasteiger partial charge in [0.2, 0.25) is 0 Å². The molecule has 0 heterocycles. The van der Waals surface area contributed by atoms with Crippen LogP contribution < -0.4 is 5.73 Å². The van der Waals surface area contributed by atoms with Gasteiger partial charge in [0.05, 0.1) is 0 Å². The molecule has 0 bridgehead atoms. The number of unbranched alkanes of at least 4 members (excludes halogenated alkanes) is 9. The van der Waals surface area contributed by atoms with Gasteiger partial charge in [-0.1, -0.05) is 58.3 Å². The maximum absolute atomic E-state index is 5.39. The standard InChI is InChI=1S/C12H26N/c1-2-3-4-5-6-7-8-9-10-11-12-13/h10H,2-9,11-13H2,1H3. The van der Waals surface area contributed by atoms with Crippen LogP contribution in [0.4, 0.5) is 0 Å². The molecule has 2 N–H and O–H groups in total. The summed E-state index contributed by atoms with van der Waals surface area (Å²) in [5, 5.41) is 0. The Morgan fingerprint density at radius 3 is 2.08 bits per heavy atom. The number of nitrogens with two attached hydrogens (primary N) is 1. The molecule has 0 aromatic heterocycles. The highest BCUT2D eigenvalue weighted by Gasteiger charge is 1.91. The summed E-state index contributed by atoms with van der Waals surface area (Å²) in [6.07, 6.45) is 14.5. The predicted molar refractivity (Wildman–Crippen MR) is 60.6 cm³/mol. The molecule has 0 atom stereocenters. The average molecular weight is 184 g/mol. The molecule has 0 aliphatic heterocycles. The second-order valence-corrected chi connectivity index (χ2v) is 3.78. The van der Waals surface area contributed by atoms with Crippen molar-refractivity contribution in [2.45, 2.75) is 64.7 Å². The molecule has 0 amide bonds. The lowest BCUT2D eigenvalue weighted by atomic mass is 10.1. The molecule has 0 saturated carbocycles. The maximum atomic E-state index is 5.39. The Bertz CT molecular complexity index is 71.2. The molecular formula is C12H26N. The van der Waals surface area contributed by atoms with E-state index in [0.29, 0.717) is 0 Å². The Morgan fingerprint density at radius 1 is 0.846 bits per heavy atom. The van der Waals surface area contributed by atoms with Gasteiger partial charge in [-0.05, 0) is 19.4 Å². The second kappa shape index (κ2) is 12.0. The molecule has 79 valence electrons. The van der Waals surface area contributed by atoms with Crippen LogP contribution in [0, 0.1) is 6.42 Å². The largest absolute Gasteiger partial charge is 0.330 e. The first-order chi connectivity index (χ1) is 6.41. The molecule has 1 nitrogen and oxygen atoms in total. The highest BCUT2D eigenvalue weighted by atomic mass is 14.5. The van der Waals surface area contributed by atoms with E-state index in [2.05, 4.69) is 13.3 Å². The van der Waals surface area contributed by atoms with E-state index in [0.717, 1.165) is 13.0 Å². The molecule has 0 rings (SSSR count). The third-order valence-electron chi connectivity index (χ3n) is 2.38. The van der Waals surface area contributed by atoms with Crippen molar-refractivity contribution in [3.8, 4) is 0 Å². The number of rotatable bonds is 10. The first-order valence-electron chi connectivity index (χ1n) is 5.93. The molecule has 0 unspecified atom stereocenters. The Labute approximate surface area is 84.1 Å². The second-order valence-electron chi connectivity index (χ2n) is 3.78. The zero-order valence-electron chi connectivity index (χ0n) is 9.23. The topological polar surface area (TPSA) is 26.0 Å². The van der Waals surface area contributed by atoms with Crippen molar-refractivity contribution in [1.82, 2.24) is 0 Å². The summed E-state index contributed by atoms with van der Waals surface area (Å²) in [5.74, 6) is 0. The number of hydrogen-bond donors (Lipinski definition) is 1. The van der Waals surface area contributed by atoms with Gasteiger partial charge in [-0.3, -0.25) is 0 Å². The first kappa shape index (κ1) is 13.0. The van der Waals surface area contributed by atoms with Crippen LogP contribution in [0.3, 0.4) is 0 Å². The van der Waals surface area contributed by atoms with Crippen molar-refractivity contribution in [1.29, 1.82) is 0 Å². The summed E-state index contributed by atoms with van der Waals surface area (Å²) in [6, 6.07) is 0. The molecule has 0 aliphatic rings. The lowest BCUT2D eigenvalue weighted by molar-refractivity contribution is 0.584. The Hall–Kier alpha value is -0.0400. The van der Waals surface area contributed by atoms with Crippen molar-refractivity contribution >= 4 is 0 Å². The molecule has 1 radical (unpaired) electrons. The van der Waals surface area contributed by atoms with Crippen molar-refractivity contribution < 1.29 is 0 Å². The highest BCUT2D eigenvalue weighted by Crippen LogP contribution is 2.09. The molecule has 1 heteroatoms. The monoisotopic (exact) mass is 184 g/mol. The molecule has 0 aliphatic carbocycles. The molecular weight excluding hydrogens is 158 g/mol. The van der Waals surface area contributed by atoms with E-state index in [1.807, 2.05) is 0 Å². The van der Waals surface area contributed by atoms with E-state index >= 15 is 0 Å². The fourth-order valence-corrected chi connectivity index (χ4v) is 1.51. The smallest absolute Gasteiger partial charge is 0.00745 e. The van der Waals surface area contributed by atoms with E-state index in [-0.39, 0.29) is 0 Å². The summed E-state index contributed by atoms with van der Waals surface area (Å²) in [4.78, 5) is 0. The minimum Gasteiger partial charge on any atom is -0.330 e. The molecule has 0 spiro atoms. The Balaban J connectivity index is 2.76. The molecule has 0 aromatic rings. The summed E-state index contributed by atoms with van der Waals surface area (Å²) in [5.41, 5.74) is 5.39. The van der Waals surface area contributed by atoms with Crippen molar-refractivity contribution in [3.05, 3.63) is 6.42 Å². The SMILES string of the molecule is CCCCCCCCC[CH]CCN. The van der Waals surface area contributed by atoms with E-state index in [1.54, 1.807) is 0 Å². The van der Waals surface area contributed by atoms with Crippen LogP contribution in [0.5, 0.6) is 0 Å². The number of hydrogen-bond acceptors (Lipinski definition) is 1. The van der Waals surface area contributed by atoms with Crippen LogP contribution in [-0.2, 0) is 0 Å². The summed E-state index contributed by atoms with van der Waals surface area (Å²) in [7, 11) is 0. The van der Waals surface area contributed by atoms with E-state index in [1.165, 1.54) is 51.4 Å². The zero-order chi connectivity index (χ0) is 9.78. The van der Waals surface area contributed by atoms with Gasteiger partial charge in [-0.25, -0.2) is 0 Å². The van der Waals surface area contributed by atoms with Crippen LogP contribution in [0.25, 0.3) is 0 Å². The Morgan fingerprint density at radius 2 is 1.46 bits per heavy atom. The van der Waals surface area contributed by atoms with Crippen molar-refractivity contribution in [2.75, 3.05) is 6.54 Å². The van der Waals surface area contributed by atoms with Gasteiger partial charge in [-0.15, -0.1) is 0 Å². The molecule has 0 saturated heterocycles. The van der Waals surface area contributed by atoms with Crippen LogP contribution >= 0.6 is 0 Å². The lowest BCUT2D eigenvalue weighted by Gasteiger charge is -2.00. The molecule has 0 aromatic carbocycles. The van der Waals surface area contributed by atoms with Crippen LogP contribution in [0.1, 0.15) is 64.7 Å². The Kier molecular flexibility index (Phi) is 11.9. The van der Waals surface area contributed by atoms with E-state index in [4.69, 9.17) is 5.73 Å². The third-order valence-corrected chi connectivity index (χ3v) is 2.38. The predicted octanol–water partition coefficient (Wildman–Crippen LogP) is 3.68. The minimum absolute atomic E-state index is 0.816. The van der Waals surface area contributed by atoms with Crippen LogP contribution in [0.2, 0.25) is 0 Å². The average Bonchev–Trinajstić information content (AvgIpc) is 2.16. The lowest BCUT2D eigenvalue weighted by Crippen LogP contribution is -1.97. The van der Waals surface area contributed by atoms with Gasteiger partial charge < -0.3 is 5.73 Å². The van der Waals surface area contributed by atoms with Gasteiger partial charge in [0, 0.05) is 0 Å². The van der Waals surface area contributed by atoms with Crippen molar-refractivity contribution in [2.24, 2.45) is 5.73 Å². The normalized spacial score (nSPS) is 10.6. The van der Waals surface area contributed by atoms with E-state index < -0.39 is 0 Å². The minimum atomic E-state index is 0.816. The van der Waals surface area contributed by atoms with Crippen LogP contribution in [-0.4, -0.2) is 6.54 Å². The highest BCUT2D eigenvalue weighted by molar-refractivity contribution is 4.64. The molecule has 0 fully saturated rings. The van der Waals surface area contributed by atoms with Gasteiger partial charge in [0.1, 0.15) is 0 Å². The van der Waals surface area contributed by atoms with E-state index in [9.17, 15) is 0 Å². The van der Waals surface area contributed by atoms with Gasteiger partial charge >= 0.3 is 0 Å². The summed E-state index contributed by atoms with van der Waals surface area (Å²) < 4.78 is 0. The maximum Gasteiger partial charge on any atom is -0.00745 e. The first-order valence-corrected chi connectivity index (χ1v) is 5.93. The van der Waals surface area contributed by atoms with Gasteiger partial charge in [0.25, 0.3) is 0 Å². The van der Waals surface area contributed by atoms with Crippen LogP contribution in [0.15, 0.2) is 0 Å².